The van der Waals surface area contributed by atoms with Crippen LogP contribution in [0.15, 0.2) is 36.4 Å². The first-order chi connectivity index (χ1) is 12.0. The molecule has 1 N–H and O–H groups in total. The van der Waals surface area contributed by atoms with Crippen molar-refractivity contribution >= 4 is 40.8 Å². The van der Waals surface area contributed by atoms with Gasteiger partial charge in [-0.2, -0.15) is 5.26 Å². The molecule has 8 heteroatoms. The molecule has 0 spiro atoms. The van der Waals surface area contributed by atoms with Gasteiger partial charge in [0.2, 0.25) is 0 Å². The van der Waals surface area contributed by atoms with E-state index in [0.29, 0.717) is 11.3 Å². The van der Waals surface area contributed by atoms with Crippen LogP contribution in [0.1, 0.15) is 15.9 Å². The van der Waals surface area contributed by atoms with E-state index in [1.165, 1.54) is 19.2 Å². The van der Waals surface area contributed by atoms with Crippen LogP contribution in [0, 0.1) is 11.3 Å². The van der Waals surface area contributed by atoms with Crippen LogP contribution in [-0.4, -0.2) is 25.6 Å². The van der Waals surface area contributed by atoms with Crippen molar-refractivity contribution in [3.8, 4) is 11.8 Å². The molecule has 0 aliphatic carbocycles. The van der Waals surface area contributed by atoms with Gasteiger partial charge in [0.15, 0.2) is 12.4 Å². The molecular weight excluding hydrogens is 367 g/mol. The summed E-state index contributed by atoms with van der Waals surface area (Å²) in [6.45, 7) is -0.528. The van der Waals surface area contributed by atoms with Crippen molar-refractivity contribution in [3.05, 3.63) is 57.6 Å². The van der Waals surface area contributed by atoms with E-state index in [1.807, 2.05) is 6.07 Å². The molecule has 0 saturated heterocycles. The Hall–Kier alpha value is -2.75. The fourth-order valence-corrected chi connectivity index (χ4v) is 2.60. The van der Waals surface area contributed by atoms with Gasteiger partial charge in [0.1, 0.15) is 6.07 Å². The van der Waals surface area contributed by atoms with Crippen LogP contribution in [0.2, 0.25) is 10.0 Å². The van der Waals surface area contributed by atoms with E-state index in [2.05, 4.69) is 5.32 Å². The van der Waals surface area contributed by atoms with Gasteiger partial charge in [-0.05, 0) is 24.3 Å². The van der Waals surface area contributed by atoms with Crippen LogP contribution in [0.5, 0.6) is 5.75 Å². The first kappa shape index (κ1) is 18.6. The first-order valence-electron chi connectivity index (χ1n) is 6.95. The number of para-hydroxylation sites is 1. The summed E-state index contributed by atoms with van der Waals surface area (Å²) in [6.07, 6.45) is 0. The first-order valence-corrected chi connectivity index (χ1v) is 7.71. The summed E-state index contributed by atoms with van der Waals surface area (Å²) >= 11 is 11.9. The number of ether oxygens (including phenoxy) is 2. The predicted molar refractivity (Wildman–Crippen MR) is 93.1 cm³/mol. The SMILES string of the molecule is COc1c(Cl)cc(C(=O)OCC(=O)Nc2ccccc2C#N)cc1Cl. The lowest BCUT2D eigenvalue weighted by Crippen LogP contribution is -2.21. The molecule has 6 nitrogen and oxygen atoms in total. The van der Waals surface area contributed by atoms with Gasteiger partial charge in [-0.3, -0.25) is 4.79 Å². The summed E-state index contributed by atoms with van der Waals surface area (Å²) in [5.41, 5.74) is 0.721. The molecule has 128 valence electrons. The lowest BCUT2D eigenvalue weighted by molar-refractivity contribution is -0.119. The number of anilines is 1. The number of nitriles is 1. The number of hydrogen-bond donors (Lipinski definition) is 1. The average Bonchev–Trinajstić information content (AvgIpc) is 2.59. The normalized spacial score (nSPS) is 9.84. The summed E-state index contributed by atoms with van der Waals surface area (Å²) in [5, 5.41) is 11.8. The lowest BCUT2D eigenvalue weighted by Gasteiger charge is -2.10. The Morgan fingerprint density at radius 3 is 2.44 bits per heavy atom. The highest BCUT2D eigenvalue weighted by molar-refractivity contribution is 6.37. The van der Waals surface area contributed by atoms with Gasteiger partial charge in [-0.1, -0.05) is 35.3 Å². The minimum atomic E-state index is -0.768. The molecule has 0 bridgehead atoms. The van der Waals surface area contributed by atoms with Gasteiger partial charge in [-0.25, -0.2) is 4.79 Å². The largest absolute Gasteiger partial charge is 0.494 e. The molecule has 2 aromatic carbocycles. The molecule has 0 aliphatic rings. The number of esters is 1. The summed E-state index contributed by atoms with van der Waals surface area (Å²) in [5.74, 6) is -1.11. The van der Waals surface area contributed by atoms with Crippen LogP contribution in [0.4, 0.5) is 5.69 Å². The van der Waals surface area contributed by atoms with Crippen molar-refractivity contribution in [1.29, 1.82) is 5.26 Å². The van der Waals surface area contributed by atoms with Crippen molar-refractivity contribution < 1.29 is 19.1 Å². The van der Waals surface area contributed by atoms with E-state index in [9.17, 15) is 9.59 Å². The third kappa shape index (κ3) is 4.63. The van der Waals surface area contributed by atoms with Gasteiger partial charge in [0, 0.05) is 0 Å². The highest BCUT2D eigenvalue weighted by Gasteiger charge is 2.16. The fourth-order valence-electron chi connectivity index (χ4n) is 1.96. The fraction of sp³-hybridized carbons (Fsp3) is 0.118. The number of methoxy groups -OCH3 is 1. The molecule has 0 fully saturated rings. The van der Waals surface area contributed by atoms with Crippen molar-refractivity contribution in [2.45, 2.75) is 0 Å². The molecule has 0 heterocycles. The van der Waals surface area contributed by atoms with Crippen LogP contribution in [0.3, 0.4) is 0 Å². The van der Waals surface area contributed by atoms with E-state index in [1.54, 1.807) is 24.3 Å². The monoisotopic (exact) mass is 378 g/mol. The Morgan fingerprint density at radius 2 is 1.84 bits per heavy atom. The second kappa shape index (κ2) is 8.38. The van der Waals surface area contributed by atoms with E-state index in [0.717, 1.165) is 0 Å². The smallest absolute Gasteiger partial charge is 0.338 e. The zero-order valence-corrected chi connectivity index (χ0v) is 14.5. The van der Waals surface area contributed by atoms with Gasteiger partial charge < -0.3 is 14.8 Å². The zero-order chi connectivity index (χ0) is 18.4. The molecule has 0 atom stereocenters. The summed E-state index contributed by atoms with van der Waals surface area (Å²) in [6, 6.07) is 11.1. The maximum atomic E-state index is 12.0. The van der Waals surface area contributed by atoms with E-state index in [4.69, 9.17) is 37.9 Å². The van der Waals surface area contributed by atoms with Gasteiger partial charge in [0.25, 0.3) is 5.91 Å². The molecule has 2 aromatic rings. The van der Waals surface area contributed by atoms with Crippen molar-refractivity contribution in [2.24, 2.45) is 0 Å². The van der Waals surface area contributed by atoms with Crippen molar-refractivity contribution in [1.82, 2.24) is 0 Å². The number of nitrogens with one attached hydrogen (secondary N) is 1. The van der Waals surface area contributed by atoms with Crippen LogP contribution < -0.4 is 10.1 Å². The standard InChI is InChI=1S/C17H12Cl2N2O4/c1-24-16-12(18)6-11(7-13(16)19)17(23)25-9-15(22)21-14-5-3-2-4-10(14)8-20/h2-7H,9H2,1H3,(H,21,22). The quantitative estimate of drug-likeness (QED) is 0.801. The Bertz CT molecular complexity index is 839. The molecule has 25 heavy (non-hydrogen) atoms. The molecule has 0 aliphatic heterocycles. The maximum Gasteiger partial charge on any atom is 0.338 e. The van der Waals surface area contributed by atoms with E-state index < -0.39 is 18.5 Å². The highest BCUT2D eigenvalue weighted by atomic mass is 35.5. The third-order valence-corrected chi connectivity index (χ3v) is 3.66. The number of amides is 1. The molecule has 1 amide bonds. The Morgan fingerprint density at radius 1 is 1.20 bits per heavy atom. The zero-order valence-electron chi connectivity index (χ0n) is 13.0. The Kier molecular flexibility index (Phi) is 6.23. The highest BCUT2D eigenvalue weighted by Crippen LogP contribution is 2.33. The minimum Gasteiger partial charge on any atom is -0.494 e. The Balaban J connectivity index is 2.00. The molecule has 0 saturated carbocycles. The van der Waals surface area contributed by atoms with E-state index >= 15 is 0 Å². The molecule has 0 aromatic heterocycles. The topological polar surface area (TPSA) is 88.4 Å². The van der Waals surface area contributed by atoms with Crippen LogP contribution >= 0.6 is 23.2 Å². The summed E-state index contributed by atoms with van der Waals surface area (Å²) < 4.78 is 9.92. The minimum absolute atomic E-state index is 0.0843. The second-order valence-corrected chi connectivity index (χ2v) is 5.57. The van der Waals surface area contributed by atoms with Crippen molar-refractivity contribution in [2.75, 3.05) is 19.0 Å². The number of halogens is 2. The molecule has 0 radical (unpaired) electrons. The Labute approximate surface area is 153 Å². The molecular formula is C17H12Cl2N2O4. The van der Waals surface area contributed by atoms with Crippen molar-refractivity contribution in [3.63, 3.8) is 0 Å². The number of hydrogen-bond acceptors (Lipinski definition) is 5. The van der Waals surface area contributed by atoms with E-state index in [-0.39, 0.29) is 21.4 Å². The maximum absolute atomic E-state index is 12.0. The number of carbonyl (C=O) groups excluding carboxylic acids is 2. The number of benzene rings is 2. The average molecular weight is 379 g/mol. The lowest BCUT2D eigenvalue weighted by atomic mass is 10.2. The molecule has 2 rings (SSSR count). The van der Waals surface area contributed by atoms with Gasteiger partial charge >= 0.3 is 5.97 Å². The second-order valence-electron chi connectivity index (χ2n) is 4.75. The number of carbonyl (C=O) groups is 2. The van der Waals surface area contributed by atoms with Gasteiger partial charge in [0.05, 0.1) is 34.0 Å². The molecule has 0 unspecified atom stereocenters. The third-order valence-electron chi connectivity index (χ3n) is 3.09. The summed E-state index contributed by atoms with van der Waals surface area (Å²) in [4.78, 5) is 23.9. The predicted octanol–water partition coefficient (Wildman–Crippen LogP) is 3.67. The van der Waals surface area contributed by atoms with Crippen LogP contribution in [0.25, 0.3) is 0 Å². The number of nitrogens with zero attached hydrogens (tertiary/aromatic N) is 1. The van der Waals surface area contributed by atoms with Gasteiger partial charge in [-0.15, -0.1) is 0 Å². The number of rotatable bonds is 5. The van der Waals surface area contributed by atoms with Crippen LogP contribution in [-0.2, 0) is 9.53 Å². The summed E-state index contributed by atoms with van der Waals surface area (Å²) in [7, 11) is 1.40.